The number of nitrogens with zero attached hydrogens (tertiary/aromatic N) is 2. The van der Waals surface area contributed by atoms with Gasteiger partial charge in [0, 0.05) is 6.42 Å². The molecule has 1 aliphatic rings. The number of aryl methyl sites for hydroxylation is 3. The van der Waals surface area contributed by atoms with Gasteiger partial charge in [-0.15, -0.1) is 0 Å². The molecule has 0 radical (unpaired) electrons. The first kappa shape index (κ1) is 16.0. The zero-order valence-corrected chi connectivity index (χ0v) is 15.7. The first-order chi connectivity index (χ1) is 12.0. The van der Waals surface area contributed by atoms with Crippen LogP contribution in [0.5, 0.6) is 0 Å². The fourth-order valence-corrected chi connectivity index (χ4v) is 3.95. The van der Waals surface area contributed by atoms with Gasteiger partial charge in [0.15, 0.2) is 5.69 Å². The minimum Gasteiger partial charge on any atom is -0.232 e. The van der Waals surface area contributed by atoms with E-state index in [0.29, 0.717) is 5.92 Å². The molecule has 0 unspecified atom stereocenters. The van der Waals surface area contributed by atoms with E-state index in [9.17, 15) is 0 Å². The van der Waals surface area contributed by atoms with Crippen molar-refractivity contribution in [3.63, 3.8) is 0 Å². The number of aromatic nitrogens is 2. The first-order valence-corrected chi connectivity index (χ1v) is 9.05. The lowest BCUT2D eigenvalue weighted by Crippen LogP contribution is -2.33. The summed E-state index contributed by atoms with van der Waals surface area (Å²) in [7, 11) is 2.11. The summed E-state index contributed by atoms with van der Waals surface area (Å²) in [6.45, 7) is 8.84. The standard InChI is InChI=1S/C23H25N2/c1-14(2)17-7-6-8-18-20(17)12-22-21(18)13-25(5)23(24-22)19-11-15(3)9-10-16(19)4/h6-11,13-14H,12H2,1-5H3/q+1. The predicted molar refractivity (Wildman–Crippen MR) is 103 cm³/mol. The van der Waals surface area contributed by atoms with E-state index in [1.54, 1.807) is 0 Å². The summed E-state index contributed by atoms with van der Waals surface area (Å²) in [5.74, 6) is 1.59. The van der Waals surface area contributed by atoms with E-state index < -0.39 is 0 Å². The molecule has 0 saturated heterocycles. The van der Waals surface area contributed by atoms with Crippen molar-refractivity contribution in [2.24, 2.45) is 7.05 Å². The van der Waals surface area contributed by atoms with Crippen LogP contribution in [-0.4, -0.2) is 4.98 Å². The van der Waals surface area contributed by atoms with Crippen molar-refractivity contribution in [2.75, 3.05) is 0 Å². The van der Waals surface area contributed by atoms with E-state index >= 15 is 0 Å². The molecule has 0 amide bonds. The number of fused-ring (bicyclic) bond motifs is 3. The summed E-state index contributed by atoms with van der Waals surface area (Å²) in [5.41, 5.74) is 10.5. The zero-order valence-electron chi connectivity index (χ0n) is 15.7. The Kier molecular flexibility index (Phi) is 3.72. The summed E-state index contributed by atoms with van der Waals surface area (Å²) in [6, 6.07) is 13.3. The lowest BCUT2D eigenvalue weighted by Gasteiger charge is -2.10. The summed E-state index contributed by atoms with van der Waals surface area (Å²) >= 11 is 0. The molecular weight excluding hydrogens is 304 g/mol. The van der Waals surface area contributed by atoms with Gasteiger partial charge in [0.2, 0.25) is 0 Å². The number of benzene rings is 2. The Labute approximate surface area is 150 Å². The van der Waals surface area contributed by atoms with Crippen molar-refractivity contribution in [3.8, 4) is 22.5 Å². The van der Waals surface area contributed by atoms with Gasteiger partial charge < -0.3 is 0 Å². The van der Waals surface area contributed by atoms with Gasteiger partial charge in [0.25, 0.3) is 0 Å². The topological polar surface area (TPSA) is 16.8 Å². The molecule has 0 saturated carbocycles. The minimum absolute atomic E-state index is 0.538. The first-order valence-electron chi connectivity index (χ1n) is 9.05. The molecule has 0 fully saturated rings. The van der Waals surface area contributed by atoms with E-state index in [4.69, 9.17) is 4.98 Å². The van der Waals surface area contributed by atoms with Crippen LogP contribution < -0.4 is 4.57 Å². The van der Waals surface area contributed by atoms with Gasteiger partial charge in [-0.05, 0) is 53.1 Å². The van der Waals surface area contributed by atoms with Gasteiger partial charge in [0.1, 0.15) is 6.20 Å². The zero-order chi connectivity index (χ0) is 17.7. The molecule has 0 bridgehead atoms. The van der Waals surface area contributed by atoms with Gasteiger partial charge in [0.05, 0.1) is 18.2 Å². The predicted octanol–water partition coefficient (Wildman–Crippen LogP) is 4.88. The monoisotopic (exact) mass is 329 g/mol. The highest BCUT2D eigenvalue weighted by Gasteiger charge is 2.30. The normalized spacial score (nSPS) is 12.4. The Morgan fingerprint density at radius 3 is 2.56 bits per heavy atom. The maximum atomic E-state index is 5.10. The quantitative estimate of drug-likeness (QED) is 0.479. The molecule has 3 aromatic rings. The second-order valence-corrected chi connectivity index (χ2v) is 7.56. The highest BCUT2D eigenvalue weighted by molar-refractivity contribution is 5.76. The molecule has 2 heteroatoms. The Morgan fingerprint density at radius 1 is 1.00 bits per heavy atom. The molecule has 1 aliphatic carbocycles. The lowest BCUT2D eigenvalue weighted by molar-refractivity contribution is -0.662. The van der Waals surface area contributed by atoms with Crippen LogP contribution in [0.25, 0.3) is 22.5 Å². The van der Waals surface area contributed by atoms with Crippen molar-refractivity contribution in [1.82, 2.24) is 4.98 Å². The number of hydrogen-bond acceptors (Lipinski definition) is 1. The van der Waals surface area contributed by atoms with Crippen molar-refractivity contribution in [3.05, 3.63) is 70.5 Å². The summed E-state index contributed by atoms with van der Waals surface area (Å²) in [4.78, 5) is 5.10. The highest BCUT2D eigenvalue weighted by atomic mass is 15.0. The molecular formula is C23H25N2+. The maximum absolute atomic E-state index is 5.10. The molecule has 1 heterocycles. The van der Waals surface area contributed by atoms with Crippen LogP contribution >= 0.6 is 0 Å². The summed E-state index contributed by atoms with van der Waals surface area (Å²) in [6.07, 6.45) is 3.20. The van der Waals surface area contributed by atoms with E-state index in [1.807, 2.05) is 0 Å². The van der Waals surface area contributed by atoms with Crippen LogP contribution in [0.1, 0.15) is 47.7 Å². The van der Waals surface area contributed by atoms with Crippen LogP contribution in [0, 0.1) is 13.8 Å². The molecule has 0 spiro atoms. The smallest absolute Gasteiger partial charge is 0.232 e. The molecule has 25 heavy (non-hydrogen) atoms. The summed E-state index contributed by atoms with van der Waals surface area (Å²) in [5, 5.41) is 0. The molecule has 2 nitrogen and oxygen atoms in total. The maximum Gasteiger partial charge on any atom is 0.330 e. The Bertz CT molecular complexity index is 984. The molecule has 1 aromatic heterocycles. The van der Waals surface area contributed by atoms with E-state index in [-0.39, 0.29) is 0 Å². The van der Waals surface area contributed by atoms with Crippen LogP contribution in [0.15, 0.2) is 42.6 Å². The minimum atomic E-state index is 0.538. The van der Waals surface area contributed by atoms with Crippen LogP contribution in [0.3, 0.4) is 0 Å². The third kappa shape index (κ3) is 2.57. The second kappa shape index (κ2) is 5.80. The Morgan fingerprint density at radius 2 is 1.80 bits per heavy atom. The van der Waals surface area contributed by atoms with E-state index in [2.05, 4.69) is 81.9 Å². The molecule has 2 aromatic carbocycles. The van der Waals surface area contributed by atoms with Crippen molar-refractivity contribution in [2.45, 2.75) is 40.0 Å². The SMILES string of the molecule is Cc1ccc(C)c(-c2nc3c(c[n+]2C)-c2cccc(C(C)C)c2C3)c1. The molecule has 126 valence electrons. The average Bonchev–Trinajstić information content (AvgIpc) is 2.93. The Hall–Kier alpha value is -2.48. The molecule has 0 N–H and O–H groups in total. The second-order valence-electron chi connectivity index (χ2n) is 7.56. The van der Waals surface area contributed by atoms with Crippen LogP contribution in [0.4, 0.5) is 0 Å². The van der Waals surface area contributed by atoms with E-state index in [1.165, 1.54) is 44.6 Å². The van der Waals surface area contributed by atoms with Crippen LogP contribution in [-0.2, 0) is 13.5 Å². The van der Waals surface area contributed by atoms with E-state index in [0.717, 1.165) is 12.2 Å². The molecule has 0 aliphatic heterocycles. The van der Waals surface area contributed by atoms with Gasteiger partial charge in [-0.2, -0.15) is 0 Å². The van der Waals surface area contributed by atoms with Gasteiger partial charge >= 0.3 is 5.82 Å². The largest absolute Gasteiger partial charge is 0.330 e. The lowest BCUT2D eigenvalue weighted by atomic mass is 9.94. The van der Waals surface area contributed by atoms with Gasteiger partial charge in [-0.3, -0.25) is 0 Å². The van der Waals surface area contributed by atoms with Crippen molar-refractivity contribution >= 4 is 0 Å². The summed E-state index contributed by atoms with van der Waals surface area (Å²) < 4.78 is 2.18. The molecule has 0 atom stereocenters. The fourth-order valence-electron chi connectivity index (χ4n) is 3.95. The third-order valence-corrected chi connectivity index (χ3v) is 5.31. The molecule has 4 rings (SSSR count). The van der Waals surface area contributed by atoms with Gasteiger partial charge in [-0.1, -0.05) is 49.7 Å². The highest BCUT2D eigenvalue weighted by Crippen LogP contribution is 2.39. The number of rotatable bonds is 2. The van der Waals surface area contributed by atoms with Crippen molar-refractivity contribution < 1.29 is 4.57 Å². The van der Waals surface area contributed by atoms with Crippen LogP contribution in [0.2, 0.25) is 0 Å². The third-order valence-electron chi connectivity index (χ3n) is 5.31. The Balaban J connectivity index is 1.89. The average molecular weight is 329 g/mol. The van der Waals surface area contributed by atoms with Crippen molar-refractivity contribution in [1.29, 1.82) is 0 Å². The fraction of sp³-hybridized carbons (Fsp3) is 0.304. The number of hydrogen-bond donors (Lipinski definition) is 0. The van der Waals surface area contributed by atoms with Gasteiger partial charge in [-0.25, -0.2) is 4.57 Å².